The van der Waals surface area contributed by atoms with E-state index < -0.39 is 0 Å². The fraction of sp³-hybridized carbons (Fsp3) is 0.150. The van der Waals surface area contributed by atoms with Gasteiger partial charge in [0, 0.05) is 6.54 Å². The van der Waals surface area contributed by atoms with E-state index in [0.29, 0.717) is 28.9 Å². The smallest absolute Gasteiger partial charge is 0.231 e. The topological polar surface area (TPSA) is 63.5 Å². The molecule has 28 heavy (non-hydrogen) atoms. The second-order valence-electron chi connectivity index (χ2n) is 5.84. The molecule has 144 valence electrons. The molecule has 6 nitrogen and oxygen atoms in total. The molecule has 8 heteroatoms. The highest BCUT2D eigenvalue weighted by Crippen LogP contribution is 2.29. The van der Waals surface area contributed by atoms with Gasteiger partial charge in [-0.3, -0.25) is 5.43 Å². The zero-order valence-electron chi connectivity index (χ0n) is 15.5. The molecule has 1 aromatic heterocycles. The molecule has 2 aromatic carbocycles. The molecule has 0 bridgehead atoms. The molecule has 3 aromatic rings. The highest BCUT2D eigenvalue weighted by atomic mass is 32.1. The number of rotatable bonds is 6. The Morgan fingerprint density at radius 1 is 1.21 bits per heavy atom. The number of thiocarbonyl (C=S) groups is 1. The fourth-order valence-electron chi connectivity index (χ4n) is 2.48. The molecular weight excluding hydrogens is 377 g/mol. The maximum atomic E-state index is 13.2. The Kier molecular flexibility index (Phi) is 6.33. The molecule has 1 heterocycles. The van der Waals surface area contributed by atoms with E-state index in [-0.39, 0.29) is 5.82 Å². The first-order valence-electron chi connectivity index (χ1n) is 8.74. The lowest BCUT2D eigenvalue weighted by molar-refractivity contribution is 0.442. The fourth-order valence-corrected chi connectivity index (χ4v) is 2.68. The van der Waals surface area contributed by atoms with Gasteiger partial charge in [0.05, 0.1) is 23.2 Å². The molecule has 2 N–H and O–H groups in total. The van der Waals surface area contributed by atoms with Gasteiger partial charge in [0.25, 0.3) is 0 Å². The van der Waals surface area contributed by atoms with Crippen LogP contribution in [0.2, 0.25) is 0 Å². The monoisotopic (exact) mass is 397 g/mol. The van der Waals surface area contributed by atoms with E-state index in [2.05, 4.69) is 20.9 Å². The number of nitrogens with zero attached hydrogens (tertiary/aromatic N) is 3. The number of hydrogen-bond donors (Lipinski definition) is 2. The van der Waals surface area contributed by atoms with E-state index >= 15 is 0 Å². The summed E-state index contributed by atoms with van der Waals surface area (Å²) in [5.41, 5.74) is 4.99. The van der Waals surface area contributed by atoms with Gasteiger partial charge < -0.3 is 10.1 Å². The first-order chi connectivity index (χ1) is 13.6. The van der Waals surface area contributed by atoms with Crippen LogP contribution in [-0.2, 0) is 0 Å². The van der Waals surface area contributed by atoms with E-state index in [9.17, 15) is 4.39 Å². The van der Waals surface area contributed by atoms with E-state index in [1.165, 1.54) is 12.1 Å². The van der Waals surface area contributed by atoms with Crippen molar-refractivity contribution in [1.82, 2.24) is 20.5 Å². The van der Waals surface area contributed by atoms with Crippen LogP contribution in [0.4, 0.5) is 4.39 Å². The highest BCUT2D eigenvalue weighted by Gasteiger charge is 2.18. The van der Waals surface area contributed by atoms with Crippen LogP contribution in [-0.4, -0.2) is 27.7 Å². The number of hydrogen-bond acceptors (Lipinski definition) is 4. The van der Waals surface area contributed by atoms with Crippen LogP contribution in [0.5, 0.6) is 11.6 Å². The number of ether oxygens (including phenoxy) is 1. The number of para-hydroxylation sites is 1. The SMILES string of the molecule is CCNC(=S)N/N=C\c1c(C)nn(-c2ccccc2)c1Oc1ccc(F)cc1. The third kappa shape index (κ3) is 4.72. The standard InChI is InChI=1S/C20H20FN5OS/c1-3-22-20(28)24-23-13-18-14(2)25-26(16-7-5-4-6-8-16)19(18)27-17-11-9-15(21)10-12-17/h4-13H,3H2,1-2H3,(H2,22,24,28)/b23-13-. The van der Waals surface area contributed by atoms with Gasteiger partial charge >= 0.3 is 0 Å². The lowest BCUT2D eigenvalue weighted by Gasteiger charge is -2.10. The van der Waals surface area contributed by atoms with Gasteiger partial charge in [-0.25, -0.2) is 4.39 Å². The average Bonchev–Trinajstić information content (AvgIpc) is 3.00. The lowest BCUT2D eigenvalue weighted by Crippen LogP contribution is -2.31. The van der Waals surface area contributed by atoms with Crippen LogP contribution in [0.15, 0.2) is 59.7 Å². The summed E-state index contributed by atoms with van der Waals surface area (Å²) in [6.45, 7) is 4.51. The molecule has 0 saturated carbocycles. The molecular formula is C20H20FN5OS. The number of halogens is 1. The Labute approximate surface area is 168 Å². The Hall–Kier alpha value is -3.26. The van der Waals surface area contributed by atoms with Gasteiger partial charge in [0.2, 0.25) is 5.88 Å². The Bertz CT molecular complexity index is 970. The molecule has 0 amide bonds. The third-order valence-corrected chi connectivity index (χ3v) is 4.02. The maximum absolute atomic E-state index is 13.2. The summed E-state index contributed by atoms with van der Waals surface area (Å²) in [7, 11) is 0. The quantitative estimate of drug-likeness (QED) is 0.375. The van der Waals surface area contributed by atoms with Crippen LogP contribution in [0.3, 0.4) is 0 Å². The third-order valence-electron chi connectivity index (χ3n) is 3.79. The lowest BCUT2D eigenvalue weighted by atomic mass is 10.2. The second kappa shape index (κ2) is 9.09. The van der Waals surface area contributed by atoms with Gasteiger partial charge in [-0.1, -0.05) is 18.2 Å². The molecule has 0 aliphatic rings. The number of hydrazone groups is 1. The molecule has 0 atom stereocenters. The van der Waals surface area contributed by atoms with Gasteiger partial charge in [-0.2, -0.15) is 14.9 Å². The van der Waals surface area contributed by atoms with E-state index in [0.717, 1.165) is 11.4 Å². The average molecular weight is 397 g/mol. The van der Waals surface area contributed by atoms with Crippen LogP contribution in [0.1, 0.15) is 18.2 Å². The summed E-state index contributed by atoms with van der Waals surface area (Å²) >= 11 is 5.11. The molecule has 0 radical (unpaired) electrons. The van der Waals surface area contributed by atoms with Gasteiger partial charge in [-0.15, -0.1) is 0 Å². The van der Waals surface area contributed by atoms with Gasteiger partial charge in [0.15, 0.2) is 5.11 Å². The van der Waals surface area contributed by atoms with E-state index in [1.807, 2.05) is 44.2 Å². The van der Waals surface area contributed by atoms with Crippen molar-refractivity contribution in [3.05, 3.63) is 71.7 Å². The molecule has 0 saturated heterocycles. The zero-order valence-corrected chi connectivity index (χ0v) is 16.3. The molecule has 0 aliphatic heterocycles. The van der Waals surface area contributed by atoms with Crippen LogP contribution >= 0.6 is 12.2 Å². The first kappa shape index (κ1) is 19.5. The minimum atomic E-state index is -0.331. The van der Waals surface area contributed by atoms with Crippen LogP contribution in [0.25, 0.3) is 5.69 Å². The van der Waals surface area contributed by atoms with Gasteiger partial charge in [-0.05, 0) is 62.5 Å². The predicted molar refractivity (Wildman–Crippen MR) is 112 cm³/mol. The normalized spacial score (nSPS) is 10.8. The summed E-state index contributed by atoms with van der Waals surface area (Å²) in [5.74, 6) is 0.627. The van der Waals surface area contributed by atoms with Gasteiger partial charge in [0.1, 0.15) is 11.6 Å². The Morgan fingerprint density at radius 2 is 1.93 bits per heavy atom. The Balaban J connectivity index is 1.98. The summed E-state index contributed by atoms with van der Waals surface area (Å²) in [4.78, 5) is 0. The largest absolute Gasteiger partial charge is 0.438 e. The van der Waals surface area contributed by atoms with Crippen molar-refractivity contribution in [3.63, 3.8) is 0 Å². The van der Waals surface area contributed by atoms with Crippen molar-refractivity contribution in [2.45, 2.75) is 13.8 Å². The minimum absolute atomic E-state index is 0.331. The summed E-state index contributed by atoms with van der Waals surface area (Å²) in [6.07, 6.45) is 1.60. The van der Waals surface area contributed by atoms with Crippen LogP contribution in [0, 0.1) is 12.7 Å². The maximum Gasteiger partial charge on any atom is 0.231 e. The molecule has 0 unspecified atom stereocenters. The van der Waals surface area contributed by atoms with E-state index in [4.69, 9.17) is 17.0 Å². The summed E-state index contributed by atoms with van der Waals surface area (Å²) < 4.78 is 21.0. The van der Waals surface area contributed by atoms with Crippen molar-refractivity contribution in [1.29, 1.82) is 0 Å². The summed E-state index contributed by atoms with van der Waals surface area (Å²) in [6, 6.07) is 15.4. The minimum Gasteiger partial charge on any atom is -0.438 e. The summed E-state index contributed by atoms with van der Waals surface area (Å²) in [5, 5.41) is 12.1. The molecule has 0 aliphatic carbocycles. The number of nitrogens with one attached hydrogen (secondary N) is 2. The van der Waals surface area contributed by atoms with Crippen molar-refractivity contribution < 1.29 is 9.13 Å². The molecule has 0 spiro atoms. The molecule has 3 rings (SSSR count). The number of benzene rings is 2. The van der Waals surface area contributed by atoms with E-state index in [1.54, 1.807) is 23.0 Å². The van der Waals surface area contributed by atoms with Crippen molar-refractivity contribution in [3.8, 4) is 17.3 Å². The second-order valence-corrected chi connectivity index (χ2v) is 6.25. The predicted octanol–water partition coefficient (Wildman–Crippen LogP) is 3.93. The molecule has 0 fully saturated rings. The first-order valence-corrected chi connectivity index (χ1v) is 9.14. The van der Waals surface area contributed by atoms with Crippen molar-refractivity contribution in [2.75, 3.05) is 6.54 Å². The zero-order chi connectivity index (χ0) is 19.9. The number of aromatic nitrogens is 2. The Morgan fingerprint density at radius 3 is 2.61 bits per heavy atom. The number of aryl methyl sites for hydroxylation is 1. The highest BCUT2D eigenvalue weighted by molar-refractivity contribution is 7.80. The van der Waals surface area contributed by atoms with Crippen molar-refractivity contribution >= 4 is 23.5 Å². The van der Waals surface area contributed by atoms with Crippen LogP contribution < -0.4 is 15.5 Å². The van der Waals surface area contributed by atoms with Crippen molar-refractivity contribution in [2.24, 2.45) is 5.10 Å².